The Morgan fingerprint density at radius 3 is 2.38 bits per heavy atom. The minimum absolute atomic E-state index is 0.251. The summed E-state index contributed by atoms with van der Waals surface area (Å²) in [6.45, 7) is 0.301. The van der Waals surface area contributed by atoms with Gasteiger partial charge in [-0.3, -0.25) is 14.5 Å². The van der Waals surface area contributed by atoms with Crippen molar-refractivity contribution in [1.29, 1.82) is 0 Å². The summed E-state index contributed by atoms with van der Waals surface area (Å²) in [6.07, 6.45) is 6.42. The minimum atomic E-state index is -0.251. The predicted molar refractivity (Wildman–Crippen MR) is 120 cm³/mol. The van der Waals surface area contributed by atoms with Gasteiger partial charge in [-0.2, -0.15) is 5.10 Å². The topological polar surface area (TPSA) is 87.5 Å². The lowest BCUT2D eigenvalue weighted by Gasteiger charge is -2.14. The number of hydrogen-bond donors (Lipinski definition) is 1. The SMILES string of the molecule is COc1cc(C(=O)NCc2cc(-c3ccccn3)n(C3CCCC3)n2)cc(OC)c1OC. The molecule has 0 aliphatic heterocycles. The number of pyridine rings is 1. The molecule has 1 aliphatic carbocycles. The average molecular weight is 437 g/mol. The van der Waals surface area contributed by atoms with Gasteiger partial charge in [0.05, 0.1) is 51.0 Å². The fourth-order valence-corrected chi connectivity index (χ4v) is 4.15. The van der Waals surface area contributed by atoms with Crippen LogP contribution in [0.4, 0.5) is 0 Å². The molecule has 1 amide bonds. The zero-order valence-electron chi connectivity index (χ0n) is 18.6. The molecule has 0 atom stereocenters. The Morgan fingerprint density at radius 2 is 1.78 bits per heavy atom. The molecule has 0 radical (unpaired) electrons. The normalized spacial score (nSPS) is 13.7. The smallest absolute Gasteiger partial charge is 0.251 e. The number of rotatable bonds is 8. The van der Waals surface area contributed by atoms with Crippen LogP contribution in [0.25, 0.3) is 11.4 Å². The summed E-state index contributed by atoms with van der Waals surface area (Å²) >= 11 is 0. The van der Waals surface area contributed by atoms with E-state index in [9.17, 15) is 4.79 Å². The molecule has 0 spiro atoms. The molecule has 0 bridgehead atoms. The van der Waals surface area contributed by atoms with Gasteiger partial charge < -0.3 is 19.5 Å². The molecule has 4 rings (SSSR count). The maximum atomic E-state index is 12.9. The molecule has 8 nitrogen and oxygen atoms in total. The average Bonchev–Trinajstić information content (AvgIpc) is 3.52. The van der Waals surface area contributed by atoms with Crippen molar-refractivity contribution >= 4 is 5.91 Å². The Bertz CT molecular complexity index is 1050. The van der Waals surface area contributed by atoms with Crippen molar-refractivity contribution in [2.45, 2.75) is 38.3 Å². The zero-order valence-corrected chi connectivity index (χ0v) is 18.6. The molecule has 1 saturated carbocycles. The second-order valence-electron chi connectivity index (χ2n) is 7.72. The first-order chi connectivity index (χ1) is 15.6. The van der Waals surface area contributed by atoms with Crippen LogP contribution in [-0.2, 0) is 6.54 Å². The number of carbonyl (C=O) groups is 1. The second-order valence-corrected chi connectivity index (χ2v) is 7.72. The molecule has 1 fully saturated rings. The summed E-state index contributed by atoms with van der Waals surface area (Å²) in [6, 6.07) is 11.5. The monoisotopic (exact) mass is 436 g/mol. The Hall–Kier alpha value is -3.55. The minimum Gasteiger partial charge on any atom is -0.493 e. The van der Waals surface area contributed by atoms with E-state index in [-0.39, 0.29) is 5.91 Å². The van der Waals surface area contributed by atoms with Crippen LogP contribution in [0.1, 0.15) is 47.8 Å². The fourth-order valence-electron chi connectivity index (χ4n) is 4.15. The van der Waals surface area contributed by atoms with Crippen molar-refractivity contribution in [2.24, 2.45) is 0 Å². The van der Waals surface area contributed by atoms with Gasteiger partial charge in [0, 0.05) is 11.8 Å². The summed E-state index contributed by atoms with van der Waals surface area (Å²) in [5.41, 5.74) is 3.07. The van der Waals surface area contributed by atoms with E-state index in [1.807, 2.05) is 24.3 Å². The van der Waals surface area contributed by atoms with Crippen LogP contribution < -0.4 is 19.5 Å². The van der Waals surface area contributed by atoms with E-state index in [1.54, 1.807) is 18.3 Å². The third-order valence-corrected chi connectivity index (χ3v) is 5.74. The van der Waals surface area contributed by atoms with Gasteiger partial charge in [0.15, 0.2) is 11.5 Å². The van der Waals surface area contributed by atoms with Crippen LogP contribution in [0, 0.1) is 0 Å². The third kappa shape index (κ3) is 4.39. The third-order valence-electron chi connectivity index (χ3n) is 5.74. The van der Waals surface area contributed by atoms with Gasteiger partial charge in [0.1, 0.15) is 0 Å². The molecule has 1 N–H and O–H groups in total. The van der Waals surface area contributed by atoms with Crippen molar-refractivity contribution < 1.29 is 19.0 Å². The number of nitrogens with zero attached hydrogens (tertiary/aromatic N) is 3. The highest BCUT2D eigenvalue weighted by atomic mass is 16.5. The van der Waals surface area contributed by atoms with Crippen LogP contribution in [0.5, 0.6) is 17.2 Å². The highest BCUT2D eigenvalue weighted by Crippen LogP contribution is 2.38. The number of amides is 1. The summed E-state index contributed by atoms with van der Waals surface area (Å²) in [5, 5.41) is 7.77. The fraction of sp³-hybridized carbons (Fsp3) is 0.375. The molecule has 2 aromatic heterocycles. The van der Waals surface area contributed by atoms with Gasteiger partial charge >= 0.3 is 0 Å². The zero-order chi connectivity index (χ0) is 22.5. The maximum absolute atomic E-state index is 12.9. The molecule has 32 heavy (non-hydrogen) atoms. The number of hydrogen-bond acceptors (Lipinski definition) is 6. The van der Waals surface area contributed by atoms with E-state index in [4.69, 9.17) is 19.3 Å². The molecule has 2 heterocycles. The van der Waals surface area contributed by atoms with Crippen molar-refractivity contribution in [3.63, 3.8) is 0 Å². The Labute approximate surface area is 187 Å². The highest BCUT2D eigenvalue weighted by molar-refractivity contribution is 5.95. The van der Waals surface area contributed by atoms with Gasteiger partial charge in [0.25, 0.3) is 5.91 Å². The van der Waals surface area contributed by atoms with E-state index in [1.165, 1.54) is 34.2 Å². The first-order valence-electron chi connectivity index (χ1n) is 10.7. The van der Waals surface area contributed by atoms with E-state index >= 15 is 0 Å². The van der Waals surface area contributed by atoms with Gasteiger partial charge in [0.2, 0.25) is 5.75 Å². The quantitative estimate of drug-likeness (QED) is 0.574. The lowest BCUT2D eigenvalue weighted by Crippen LogP contribution is -2.23. The maximum Gasteiger partial charge on any atom is 0.251 e. The lowest BCUT2D eigenvalue weighted by atomic mass is 10.1. The van der Waals surface area contributed by atoms with Gasteiger partial charge in [-0.1, -0.05) is 18.9 Å². The van der Waals surface area contributed by atoms with E-state index in [2.05, 4.69) is 15.0 Å². The first-order valence-corrected chi connectivity index (χ1v) is 10.7. The van der Waals surface area contributed by atoms with Crippen LogP contribution in [0.2, 0.25) is 0 Å². The summed E-state index contributed by atoms with van der Waals surface area (Å²) in [5.74, 6) is 1.06. The number of ether oxygens (including phenoxy) is 3. The largest absolute Gasteiger partial charge is 0.493 e. The lowest BCUT2D eigenvalue weighted by molar-refractivity contribution is 0.0949. The molecule has 0 saturated heterocycles. The van der Waals surface area contributed by atoms with Crippen LogP contribution in [-0.4, -0.2) is 42.0 Å². The number of benzene rings is 1. The summed E-state index contributed by atoms with van der Waals surface area (Å²) in [7, 11) is 4.57. The molecule has 1 aromatic carbocycles. The van der Waals surface area contributed by atoms with Gasteiger partial charge in [-0.15, -0.1) is 0 Å². The molecule has 168 valence electrons. The Kier molecular flexibility index (Phi) is 6.58. The van der Waals surface area contributed by atoms with E-state index in [0.717, 1.165) is 29.9 Å². The number of aromatic nitrogens is 3. The van der Waals surface area contributed by atoms with E-state index < -0.39 is 0 Å². The van der Waals surface area contributed by atoms with Gasteiger partial charge in [-0.05, 0) is 43.2 Å². The molecular weight excluding hydrogens is 408 g/mol. The van der Waals surface area contributed by atoms with Crippen molar-refractivity contribution in [3.8, 4) is 28.6 Å². The highest BCUT2D eigenvalue weighted by Gasteiger charge is 2.23. The number of carbonyl (C=O) groups excluding carboxylic acids is 1. The standard InChI is InChI=1S/C24H28N4O4/c1-30-21-12-16(13-22(31-2)23(21)32-3)24(29)26-15-17-14-20(19-10-6-7-11-25-19)28(27-17)18-8-4-5-9-18/h6-7,10-14,18H,4-5,8-9,15H2,1-3H3,(H,26,29). The molecule has 0 unspecified atom stereocenters. The molecule has 8 heteroatoms. The first kappa shape index (κ1) is 21.7. The Morgan fingerprint density at radius 1 is 1.06 bits per heavy atom. The van der Waals surface area contributed by atoms with Crippen LogP contribution >= 0.6 is 0 Å². The van der Waals surface area contributed by atoms with E-state index in [0.29, 0.717) is 35.4 Å². The predicted octanol–water partition coefficient (Wildman–Crippen LogP) is 4.02. The molecular formula is C24H28N4O4. The Balaban J connectivity index is 1.56. The van der Waals surface area contributed by atoms with Crippen molar-refractivity contribution in [1.82, 2.24) is 20.1 Å². The van der Waals surface area contributed by atoms with Crippen molar-refractivity contribution in [3.05, 3.63) is 53.9 Å². The number of methoxy groups -OCH3 is 3. The number of nitrogens with one attached hydrogen (secondary N) is 1. The van der Waals surface area contributed by atoms with Gasteiger partial charge in [-0.25, -0.2) is 0 Å². The van der Waals surface area contributed by atoms with Crippen LogP contribution in [0.15, 0.2) is 42.6 Å². The second kappa shape index (κ2) is 9.72. The summed E-state index contributed by atoms with van der Waals surface area (Å²) in [4.78, 5) is 17.4. The summed E-state index contributed by atoms with van der Waals surface area (Å²) < 4.78 is 18.1. The molecule has 3 aromatic rings. The molecule has 1 aliphatic rings. The van der Waals surface area contributed by atoms with Crippen LogP contribution in [0.3, 0.4) is 0 Å². The van der Waals surface area contributed by atoms with Crippen molar-refractivity contribution in [2.75, 3.05) is 21.3 Å².